The fourth-order valence-corrected chi connectivity index (χ4v) is 2.47. The van der Waals surface area contributed by atoms with E-state index >= 15 is 0 Å². The molecule has 6 nitrogen and oxygen atoms in total. The fraction of sp³-hybridized carbons (Fsp3) is 0.200. The Kier molecular flexibility index (Phi) is 3.71. The van der Waals surface area contributed by atoms with Crippen molar-refractivity contribution in [1.82, 2.24) is 14.8 Å². The molecule has 0 radical (unpaired) electrons. The summed E-state index contributed by atoms with van der Waals surface area (Å²) in [5, 5.41) is 4.81. The van der Waals surface area contributed by atoms with Crippen molar-refractivity contribution in [2.24, 2.45) is 0 Å². The molecule has 1 N–H and O–H groups in total. The molecule has 0 bridgehead atoms. The van der Waals surface area contributed by atoms with Gasteiger partial charge < -0.3 is 0 Å². The third kappa shape index (κ3) is 3.37. The zero-order chi connectivity index (χ0) is 14.2. The summed E-state index contributed by atoms with van der Waals surface area (Å²) in [5.41, 5.74) is 0.624. The van der Waals surface area contributed by atoms with Crippen LogP contribution in [0.3, 0.4) is 0 Å². The molecule has 0 fully saturated rings. The van der Waals surface area contributed by atoms with Crippen molar-refractivity contribution < 1.29 is 8.42 Å². The molecule has 0 aliphatic heterocycles. The van der Waals surface area contributed by atoms with Gasteiger partial charge in [-0.3, -0.25) is 4.72 Å². The first kappa shape index (κ1) is 14.1. The maximum absolute atomic E-state index is 11.3. The molecule has 19 heavy (non-hydrogen) atoms. The number of nitrogens with one attached hydrogen (secondary N) is 1. The molecule has 0 amide bonds. The lowest BCUT2D eigenvalue weighted by Gasteiger charge is -2.08. The minimum atomic E-state index is -3.42. The molecule has 0 aliphatic carbocycles. The van der Waals surface area contributed by atoms with E-state index in [1.165, 1.54) is 16.9 Å². The SMILES string of the molecule is Cc1cc(NS(C)(=O)=O)n(-c2ncc(Cl)cc2Cl)n1. The number of nitrogens with zero attached hydrogens (tertiary/aromatic N) is 3. The number of hydrogen-bond donors (Lipinski definition) is 1. The van der Waals surface area contributed by atoms with Crippen molar-refractivity contribution in [2.75, 3.05) is 11.0 Å². The maximum atomic E-state index is 11.3. The van der Waals surface area contributed by atoms with Gasteiger partial charge in [0.25, 0.3) is 0 Å². The summed E-state index contributed by atoms with van der Waals surface area (Å²) >= 11 is 11.8. The summed E-state index contributed by atoms with van der Waals surface area (Å²) < 4.78 is 26.3. The summed E-state index contributed by atoms with van der Waals surface area (Å²) in [4.78, 5) is 4.05. The Morgan fingerprint density at radius 1 is 1.32 bits per heavy atom. The molecular formula is C10H10Cl2N4O2S. The monoisotopic (exact) mass is 320 g/mol. The highest BCUT2D eigenvalue weighted by Crippen LogP contribution is 2.25. The third-order valence-electron chi connectivity index (χ3n) is 2.11. The maximum Gasteiger partial charge on any atom is 0.230 e. The predicted octanol–water partition coefficient (Wildman–Crippen LogP) is 2.25. The minimum absolute atomic E-state index is 0.261. The van der Waals surface area contributed by atoms with Crippen molar-refractivity contribution >= 4 is 39.0 Å². The zero-order valence-corrected chi connectivity index (χ0v) is 12.4. The largest absolute Gasteiger partial charge is 0.267 e. The predicted molar refractivity (Wildman–Crippen MR) is 74.6 cm³/mol. The Morgan fingerprint density at radius 3 is 2.58 bits per heavy atom. The van der Waals surface area contributed by atoms with Gasteiger partial charge in [-0.15, -0.1) is 0 Å². The number of aryl methyl sites for hydroxylation is 1. The van der Waals surface area contributed by atoms with E-state index in [0.717, 1.165) is 6.26 Å². The van der Waals surface area contributed by atoms with E-state index in [4.69, 9.17) is 23.2 Å². The second-order valence-electron chi connectivity index (χ2n) is 3.92. The number of hydrogen-bond acceptors (Lipinski definition) is 4. The van der Waals surface area contributed by atoms with Crippen molar-refractivity contribution in [1.29, 1.82) is 0 Å². The first-order valence-corrected chi connectivity index (χ1v) is 7.77. The molecule has 0 saturated heterocycles. The Morgan fingerprint density at radius 2 is 2.00 bits per heavy atom. The van der Waals surface area contributed by atoms with Gasteiger partial charge in [-0.1, -0.05) is 23.2 Å². The highest BCUT2D eigenvalue weighted by Gasteiger charge is 2.15. The topological polar surface area (TPSA) is 76.9 Å². The van der Waals surface area contributed by atoms with Gasteiger partial charge in [-0.25, -0.2) is 13.4 Å². The molecule has 0 spiro atoms. The van der Waals surface area contributed by atoms with E-state index in [2.05, 4.69) is 14.8 Å². The summed E-state index contributed by atoms with van der Waals surface area (Å²) in [6.45, 7) is 1.73. The van der Waals surface area contributed by atoms with Crippen LogP contribution in [-0.4, -0.2) is 29.4 Å². The molecule has 0 saturated carbocycles. The van der Waals surface area contributed by atoms with Crippen molar-refractivity contribution in [3.63, 3.8) is 0 Å². The van der Waals surface area contributed by atoms with E-state index in [0.29, 0.717) is 16.5 Å². The fourth-order valence-electron chi connectivity index (χ4n) is 1.49. The lowest BCUT2D eigenvalue weighted by molar-refractivity contribution is 0.606. The Bertz CT molecular complexity index is 727. The van der Waals surface area contributed by atoms with Gasteiger partial charge >= 0.3 is 0 Å². The van der Waals surface area contributed by atoms with Gasteiger partial charge in [0.15, 0.2) is 5.82 Å². The Labute approximate surface area is 120 Å². The third-order valence-corrected chi connectivity index (χ3v) is 3.18. The number of halogens is 2. The molecule has 9 heteroatoms. The van der Waals surface area contributed by atoms with Gasteiger partial charge in [-0.2, -0.15) is 9.78 Å². The van der Waals surface area contributed by atoms with Gasteiger partial charge in [0.2, 0.25) is 10.0 Å². The first-order valence-electron chi connectivity index (χ1n) is 5.12. The number of sulfonamides is 1. The molecule has 2 rings (SSSR count). The van der Waals surface area contributed by atoms with Crippen molar-refractivity contribution in [2.45, 2.75) is 6.92 Å². The van der Waals surface area contributed by atoms with Crippen LogP contribution in [0.25, 0.3) is 5.82 Å². The van der Waals surface area contributed by atoms with Crippen LogP contribution in [0.4, 0.5) is 5.82 Å². The van der Waals surface area contributed by atoms with Crippen LogP contribution < -0.4 is 4.72 Å². The van der Waals surface area contributed by atoms with Crippen molar-refractivity contribution in [3.05, 3.63) is 34.1 Å². The average molecular weight is 321 g/mol. The molecule has 2 heterocycles. The van der Waals surface area contributed by atoms with E-state index < -0.39 is 10.0 Å². The second kappa shape index (κ2) is 4.99. The molecule has 0 unspecified atom stereocenters. The van der Waals surface area contributed by atoms with Crippen LogP contribution in [0.2, 0.25) is 10.0 Å². The van der Waals surface area contributed by atoms with E-state index in [-0.39, 0.29) is 10.8 Å². The zero-order valence-electron chi connectivity index (χ0n) is 10.1. The number of pyridine rings is 1. The smallest absolute Gasteiger partial charge is 0.230 e. The van der Waals surface area contributed by atoms with Crippen LogP contribution >= 0.6 is 23.2 Å². The first-order chi connectivity index (χ1) is 8.76. The van der Waals surface area contributed by atoms with Gasteiger partial charge in [0.05, 0.1) is 22.0 Å². The lowest BCUT2D eigenvalue weighted by atomic mass is 10.4. The van der Waals surface area contributed by atoms with E-state index in [1.54, 1.807) is 13.0 Å². The number of anilines is 1. The quantitative estimate of drug-likeness (QED) is 0.941. The molecule has 0 aromatic carbocycles. The minimum Gasteiger partial charge on any atom is -0.267 e. The van der Waals surface area contributed by atoms with E-state index in [9.17, 15) is 8.42 Å². The summed E-state index contributed by atoms with van der Waals surface area (Å²) in [7, 11) is -3.42. The van der Waals surface area contributed by atoms with Crippen LogP contribution in [0, 0.1) is 6.92 Å². The van der Waals surface area contributed by atoms with Crippen molar-refractivity contribution in [3.8, 4) is 5.82 Å². The highest BCUT2D eigenvalue weighted by atomic mass is 35.5. The van der Waals surface area contributed by atoms with Gasteiger partial charge in [-0.05, 0) is 13.0 Å². The summed E-state index contributed by atoms with van der Waals surface area (Å²) in [6.07, 6.45) is 2.46. The molecule has 102 valence electrons. The molecule has 0 aliphatic rings. The Hall–Kier alpha value is -1.31. The van der Waals surface area contributed by atoms with Crippen LogP contribution in [0.15, 0.2) is 18.3 Å². The normalized spacial score (nSPS) is 11.6. The number of rotatable bonds is 3. The average Bonchev–Trinajstić information content (AvgIpc) is 2.56. The van der Waals surface area contributed by atoms with E-state index in [1.807, 2.05) is 0 Å². The number of aromatic nitrogens is 3. The highest BCUT2D eigenvalue weighted by molar-refractivity contribution is 7.92. The molecule has 2 aromatic heterocycles. The molecule has 2 aromatic rings. The van der Waals surface area contributed by atoms with Gasteiger partial charge in [0, 0.05) is 12.3 Å². The van der Waals surface area contributed by atoms with Gasteiger partial charge in [0.1, 0.15) is 5.82 Å². The van der Waals surface area contributed by atoms with Crippen LogP contribution in [0.1, 0.15) is 5.69 Å². The lowest BCUT2D eigenvalue weighted by Crippen LogP contribution is -2.14. The second-order valence-corrected chi connectivity index (χ2v) is 6.51. The molecule has 0 atom stereocenters. The standard InChI is InChI=1S/C10H10Cl2N4O2S/c1-6-3-9(15-19(2,17)18)16(14-6)10-8(12)4-7(11)5-13-10/h3-5,15H,1-2H3. The van der Waals surface area contributed by atoms with Crippen LogP contribution in [0.5, 0.6) is 0 Å². The Balaban J connectivity index is 2.56. The summed E-state index contributed by atoms with van der Waals surface area (Å²) in [5.74, 6) is 0.557. The van der Waals surface area contributed by atoms with Crippen LogP contribution in [-0.2, 0) is 10.0 Å². The summed E-state index contributed by atoms with van der Waals surface area (Å²) in [6, 6.07) is 3.08. The molecular weight excluding hydrogens is 311 g/mol.